The molecule has 0 unspecified atom stereocenters. The molecule has 4 nitrogen and oxygen atoms in total. The maximum atomic E-state index is 5.29. The number of hydrogen-bond acceptors (Lipinski definition) is 4. The predicted octanol–water partition coefficient (Wildman–Crippen LogP) is 2.74. The number of aliphatic imine (C=N–C) groups is 1. The summed E-state index contributed by atoms with van der Waals surface area (Å²) >= 11 is 0. The van der Waals surface area contributed by atoms with Gasteiger partial charge >= 0.3 is 0 Å². The zero-order valence-electron chi connectivity index (χ0n) is 10.5. The van der Waals surface area contributed by atoms with Gasteiger partial charge in [-0.15, -0.1) is 0 Å². The predicted molar refractivity (Wildman–Crippen MR) is 71.6 cm³/mol. The Morgan fingerprint density at radius 1 is 1.33 bits per heavy atom. The highest BCUT2D eigenvalue weighted by Gasteiger charge is 2.03. The van der Waals surface area contributed by atoms with Crippen LogP contribution in [-0.4, -0.2) is 23.3 Å². The summed E-state index contributed by atoms with van der Waals surface area (Å²) < 4.78 is 5.29. The van der Waals surface area contributed by atoms with Crippen molar-refractivity contribution in [3.8, 4) is 5.75 Å². The number of methoxy groups -OCH3 is 1. The van der Waals surface area contributed by atoms with E-state index in [1.54, 1.807) is 25.7 Å². The van der Waals surface area contributed by atoms with Gasteiger partial charge in [0.25, 0.3) is 0 Å². The Kier molecular flexibility index (Phi) is 4.02. The van der Waals surface area contributed by atoms with E-state index >= 15 is 0 Å². The van der Waals surface area contributed by atoms with Crippen molar-refractivity contribution in [1.29, 1.82) is 0 Å². The van der Waals surface area contributed by atoms with Crippen molar-refractivity contribution >= 4 is 11.9 Å². The average Bonchev–Trinajstić information content (AvgIpc) is 2.41. The van der Waals surface area contributed by atoms with Crippen LogP contribution in [0.2, 0.25) is 0 Å². The van der Waals surface area contributed by atoms with E-state index in [1.165, 1.54) is 0 Å². The second kappa shape index (κ2) is 5.91. The molecule has 0 saturated heterocycles. The molecule has 0 N–H and O–H groups in total. The maximum Gasteiger partial charge on any atom is 0.144 e. The third-order valence-electron chi connectivity index (χ3n) is 2.56. The van der Waals surface area contributed by atoms with Gasteiger partial charge in [-0.05, 0) is 18.6 Å². The molecule has 0 bridgehead atoms. The lowest BCUT2D eigenvalue weighted by molar-refractivity contribution is 0.416. The van der Waals surface area contributed by atoms with Crippen molar-refractivity contribution in [3.63, 3.8) is 0 Å². The van der Waals surface area contributed by atoms with Crippen molar-refractivity contribution in [3.05, 3.63) is 48.0 Å². The topological polar surface area (TPSA) is 47.4 Å². The molecule has 1 heterocycles. The highest BCUT2D eigenvalue weighted by molar-refractivity contribution is 5.70. The lowest BCUT2D eigenvalue weighted by Crippen LogP contribution is -1.91. The van der Waals surface area contributed by atoms with Crippen LogP contribution in [-0.2, 0) is 6.42 Å². The van der Waals surface area contributed by atoms with Crippen molar-refractivity contribution in [1.82, 2.24) is 9.97 Å². The number of hydrogen-bond donors (Lipinski definition) is 0. The van der Waals surface area contributed by atoms with Gasteiger partial charge in [0.1, 0.15) is 11.4 Å². The number of aryl methyl sites for hydroxylation is 1. The zero-order valence-corrected chi connectivity index (χ0v) is 10.5. The molecule has 0 amide bonds. The van der Waals surface area contributed by atoms with Crippen LogP contribution in [0.1, 0.15) is 11.3 Å². The standard InChI is InChI=1S/C14H15N3O/c1-11-4-3-5-13(18-2)14(11)17-7-6-12-10-15-8-9-16-12/h3-5,7-10H,6H2,1-2H3. The molecule has 92 valence electrons. The first-order chi connectivity index (χ1) is 8.81. The summed E-state index contributed by atoms with van der Waals surface area (Å²) in [6.45, 7) is 2.01. The van der Waals surface area contributed by atoms with E-state index in [2.05, 4.69) is 15.0 Å². The van der Waals surface area contributed by atoms with Gasteiger partial charge in [-0.25, -0.2) is 0 Å². The molecule has 0 spiro atoms. The maximum absolute atomic E-state index is 5.29. The molecule has 18 heavy (non-hydrogen) atoms. The van der Waals surface area contributed by atoms with Gasteiger partial charge in [-0.1, -0.05) is 12.1 Å². The van der Waals surface area contributed by atoms with Crippen LogP contribution >= 0.6 is 0 Å². The number of nitrogens with zero attached hydrogens (tertiary/aromatic N) is 3. The minimum atomic E-state index is 0.658. The summed E-state index contributed by atoms with van der Waals surface area (Å²) in [5.41, 5.74) is 2.85. The van der Waals surface area contributed by atoms with Crippen LogP contribution in [0.15, 0.2) is 41.8 Å². The first kappa shape index (κ1) is 12.2. The molecule has 4 heteroatoms. The number of para-hydroxylation sites is 1. The summed E-state index contributed by atoms with van der Waals surface area (Å²) in [5.74, 6) is 0.783. The van der Waals surface area contributed by atoms with Gasteiger partial charge in [0.2, 0.25) is 0 Å². The Balaban J connectivity index is 2.14. The molecular weight excluding hydrogens is 226 g/mol. The molecule has 1 aromatic heterocycles. The Hall–Kier alpha value is -2.23. The highest BCUT2D eigenvalue weighted by Crippen LogP contribution is 2.30. The Morgan fingerprint density at radius 2 is 2.22 bits per heavy atom. The molecule has 0 fully saturated rings. The van der Waals surface area contributed by atoms with Crippen LogP contribution in [0.5, 0.6) is 5.75 Å². The fourth-order valence-corrected chi connectivity index (χ4v) is 1.63. The third kappa shape index (κ3) is 2.91. The van der Waals surface area contributed by atoms with Gasteiger partial charge in [0.15, 0.2) is 0 Å². The first-order valence-corrected chi connectivity index (χ1v) is 5.72. The van der Waals surface area contributed by atoms with E-state index in [-0.39, 0.29) is 0 Å². The van der Waals surface area contributed by atoms with Crippen LogP contribution in [0.4, 0.5) is 5.69 Å². The van der Waals surface area contributed by atoms with E-state index in [4.69, 9.17) is 4.74 Å². The van der Waals surface area contributed by atoms with E-state index < -0.39 is 0 Å². The van der Waals surface area contributed by atoms with Crippen molar-refractivity contribution < 1.29 is 4.74 Å². The molecule has 0 radical (unpaired) electrons. The van der Waals surface area contributed by atoms with Gasteiger partial charge in [0, 0.05) is 31.2 Å². The Morgan fingerprint density at radius 3 is 2.94 bits per heavy atom. The van der Waals surface area contributed by atoms with Crippen molar-refractivity contribution in [2.45, 2.75) is 13.3 Å². The molecular formula is C14H15N3O. The molecule has 1 aromatic carbocycles. The normalized spacial score (nSPS) is 10.8. The lowest BCUT2D eigenvalue weighted by atomic mass is 10.2. The second-order valence-electron chi connectivity index (χ2n) is 3.84. The van der Waals surface area contributed by atoms with Crippen LogP contribution in [0.3, 0.4) is 0 Å². The highest BCUT2D eigenvalue weighted by atomic mass is 16.5. The molecule has 0 aliphatic rings. The molecule has 2 rings (SSSR count). The summed E-state index contributed by atoms with van der Waals surface area (Å²) in [6, 6.07) is 5.87. The van der Waals surface area contributed by atoms with E-state index in [9.17, 15) is 0 Å². The van der Waals surface area contributed by atoms with E-state index in [0.29, 0.717) is 6.42 Å². The quantitative estimate of drug-likeness (QED) is 0.773. The monoisotopic (exact) mass is 241 g/mol. The number of aromatic nitrogens is 2. The fourth-order valence-electron chi connectivity index (χ4n) is 1.63. The fraction of sp³-hybridized carbons (Fsp3) is 0.214. The lowest BCUT2D eigenvalue weighted by Gasteiger charge is -2.06. The molecule has 0 aliphatic carbocycles. The van der Waals surface area contributed by atoms with Gasteiger partial charge in [-0.3, -0.25) is 15.0 Å². The minimum absolute atomic E-state index is 0.658. The molecule has 2 aromatic rings. The second-order valence-corrected chi connectivity index (χ2v) is 3.84. The molecule has 0 saturated carbocycles. The largest absolute Gasteiger partial charge is 0.494 e. The van der Waals surface area contributed by atoms with Crippen molar-refractivity contribution in [2.24, 2.45) is 4.99 Å². The summed E-state index contributed by atoms with van der Waals surface area (Å²) in [7, 11) is 1.65. The van der Waals surface area contributed by atoms with E-state index in [0.717, 1.165) is 22.7 Å². The SMILES string of the molecule is COc1cccc(C)c1N=CCc1cnccn1. The van der Waals surface area contributed by atoms with E-state index in [1.807, 2.05) is 31.3 Å². The smallest absolute Gasteiger partial charge is 0.144 e. The molecule has 0 aliphatic heterocycles. The van der Waals surface area contributed by atoms with Gasteiger partial charge in [0.05, 0.1) is 12.8 Å². The van der Waals surface area contributed by atoms with Crippen LogP contribution in [0, 0.1) is 6.92 Å². The van der Waals surface area contributed by atoms with Gasteiger partial charge < -0.3 is 4.74 Å². The summed E-state index contributed by atoms with van der Waals surface area (Å²) in [4.78, 5) is 12.7. The third-order valence-corrected chi connectivity index (χ3v) is 2.56. The number of benzene rings is 1. The Labute approximate surface area is 106 Å². The van der Waals surface area contributed by atoms with Gasteiger partial charge in [-0.2, -0.15) is 0 Å². The summed E-state index contributed by atoms with van der Waals surface area (Å²) in [6.07, 6.45) is 7.56. The zero-order chi connectivity index (χ0) is 12.8. The van der Waals surface area contributed by atoms with Crippen LogP contribution < -0.4 is 4.74 Å². The molecule has 0 atom stereocenters. The summed E-state index contributed by atoms with van der Waals surface area (Å²) in [5, 5.41) is 0. The Bertz CT molecular complexity index is 538. The number of rotatable bonds is 4. The first-order valence-electron chi connectivity index (χ1n) is 5.72. The number of ether oxygens (including phenoxy) is 1. The minimum Gasteiger partial charge on any atom is -0.494 e. The van der Waals surface area contributed by atoms with Crippen molar-refractivity contribution in [2.75, 3.05) is 7.11 Å². The average molecular weight is 241 g/mol. The van der Waals surface area contributed by atoms with Crippen LogP contribution in [0.25, 0.3) is 0 Å².